The molecular weight excluding hydrogens is 305 g/mol. The van der Waals surface area contributed by atoms with E-state index >= 15 is 0 Å². The molecule has 0 fully saturated rings. The first-order valence-electron chi connectivity index (χ1n) is 4.74. The summed E-state index contributed by atoms with van der Waals surface area (Å²) < 4.78 is 37.8. The van der Waals surface area contributed by atoms with E-state index in [0.29, 0.717) is 15.5 Å². The average Bonchev–Trinajstić information content (AvgIpc) is 2.58. The Bertz CT molecular complexity index is 593. The van der Waals surface area contributed by atoms with Crippen LogP contribution >= 0.6 is 23.4 Å². The molecule has 19 heavy (non-hydrogen) atoms. The molecule has 0 spiro atoms. The van der Waals surface area contributed by atoms with Crippen molar-refractivity contribution in [3.63, 3.8) is 0 Å². The molecule has 0 bridgehead atoms. The van der Waals surface area contributed by atoms with E-state index in [1.54, 1.807) is 6.92 Å². The lowest BCUT2D eigenvalue weighted by atomic mass is 10.6. The number of alkyl halides is 3. The highest BCUT2D eigenvalue weighted by molar-refractivity contribution is 7.99. The monoisotopic (exact) mass is 310 g/mol. The summed E-state index contributed by atoms with van der Waals surface area (Å²) in [6.45, 7) is 1.60. The molecule has 0 saturated heterocycles. The molecule has 0 aromatic carbocycles. The largest absolute Gasteiger partial charge is 0.453 e. The number of hydrogen-bond donors (Lipinski definition) is 1. The molecule has 0 amide bonds. The van der Waals surface area contributed by atoms with Gasteiger partial charge in [-0.25, -0.2) is 14.6 Å². The fourth-order valence-corrected chi connectivity index (χ4v) is 2.28. The molecule has 0 aliphatic heterocycles. The highest BCUT2D eigenvalue weighted by Crippen LogP contribution is 2.31. The van der Waals surface area contributed by atoms with Crippen LogP contribution in [0, 0.1) is 6.92 Å². The number of halogens is 4. The summed E-state index contributed by atoms with van der Waals surface area (Å²) in [5.41, 5.74) is 0. The summed E-state index contributed by atoms with van der Waals surface area (Å²) in [7, 11) is 0. The van der Waals surface area contributed by atoms with Crippen molar-refractivity contribution in [1.82, 2.24) is 24.8 Å². The van der Waals surface area contributed by atoms with Gasteiger partial charge in [0, 0.05) is 6.07 Å². The second-order valence-electron chi connectivity index (χ2n) is 3.35. The summed E-state index contributed by atoms with van der Waals surface area (Å²) in [4.78, 5) is 7.82. The maximum atomic E-state index is 12.5. The van der Waals surface area contributed by atoms with E-state index in [9.17, 15) is 13.2 Å². The molecule has 11 heteroatoms. The fourth-order valence-electron chi connectivity index (χ4n) is 1.19. The lowest BCUT2D eigenvalue weighted by molar-refractivity contribution is -0.146. The van der Waals surface area contributed by atoms with Crippen LogP contribution < -0.4 is 5.84 Å². The highest BCUT2D eigenvalue weighted by Gasteiger charge is 2.38. The van der Waals surface area contributed by atoms with Crippen molar-refractivity contribution in [3.05, 3.63) is 22.9 Å². The number of hydrogen-bond acceptors (Lipinski definition) is 6. The van der Waals surface area contributed by atoms with Crippen molar-refractivity contribution >= 4 is 23.4 Å². The van der Waals surface area contributed by atoms with Crippen LogP contribution in [0.4, 0.5) is 13.2 Å². The van der Waals surface area contributed by atoms with Crippen LogP contribution in [0.1, 0.15) is 11.6 Å². The molecule has 6 nitrogen and oxygen atoms in total. The Morgan fingerprint density at radius 2 is 2.00 bits per heavy atom. The van der Waals surface area contributed by atoms with Crippen molar-refractivity contribution < 1.29 is 13.2 Å². The third kappa shape index (κ3) is 3.07. The summed E-state index contributed by atoms with van der Waals surface area (Å²) in [6.07, 6.45) is -4.67. The minimum atomic E-state index is -4.67. The zero-order valence-electron chi connectivity index (χ0n) is 9.31. The molecule has 2 aromatic rings. The van der Waals surface area contributed by atoms with E-state index in [1.807, 2.05) is 0 Å². The van der Waals surface area contributed by atoms with Crippen molar-refractivity contribution in [1.29, 1.82) is 0 Å². The summed E-state index contributed by atoms with van der Waals surface area (Å²) in [5.74, 6) is 4.39. The Morgan fingerprint density at radius 3 is 2.53 bits per heavy atom. The van der Waals surface area contributed by atoms with Gasteiger partial charge in [-0.2, -0.15) is 13.2 Å². The van der Waals surface area contributed by atoms with Crippen LogP contribution in [-0.2, 0) is 6.18 Å². The van der Waals surface area contributed by atoms with E-state index in [4.69, 9.17) is 17.4 Å². The molecular formula is C8H6ClF3N6S. The maximum absolute atomic E-state index is 12.5. The number of aromatic nitrogens is 5. The summed E-state index contributed by atoms with van der Waals surface area (Å²) >= 11 is 6.52. The first kappa shape index (κ1) is 13.9. The van der Waals surface area contributed by atoms with Crippen LogP contribution in [-0.4, -0.2) is 24.8 Å². The van der Waals surface area contributed by atoms with Gasteiger partial charge in [0.15, 0.2) is 0 Å². The van der Waals surface area contributed by atoms with Crippen LogP contribution in [0.15, 0.2) is 16.2 Å². The van der Waals surface area contributed by atoms with Crippen LogP contribution in [0.25, 0.3) is 0 Å². The average molecular weight is 311 g/mol. The van der Waals surface area contributed by atoms with Crippen molar-refractivity contribution in [3.8, 4) is 0 Å². The molecule has 0 unspecified atom stereocenters. The van der Waals surface area contributed by atoms with Crippen LogP contribution in [0.2, 0.25) is 5.15 Å². The highest BCUT2D eigenvalue weighted by atomic mass is 35.5. The van der Waals surface area contributed by atoms with Gasteiger partial charge < -0.3 is 5.84 Å². The first-order chi connectivity index (χ1) is 8.77. The van der Waals surface area contributed by atoms with E-state index in [0.717, 1.165) is 11.8 Å². The molecule has 0 atom stereocenters. The number of rotatable bonds is 2. The van der Waals surface area contributed by atoms with E-state index in [2.05, 4.69) is 20.2 Å². The second kappa shape index (κ2) is 4.85. The molecule has 0 radical (unpaired) electrons. The third-order valence-corrected chi connectivity index (χ3v) is 2.97. The zero-order chi connectivity index (χ0) is 14.2. The molecule has 2 heterocycles. The Hall–Kier alpha value is -1.55. The van der Waals surface area contributed by atoms with E-state index in [1.165, 1.54) is 6.07 Å². The van der Waals surface area contributed by atoms with Gasteiger partial charge in [-0.05, 0) is 18.7 Å². The zero-order valence-corrected chi connectivity index (χ0v) is 10.9. The number of nitrogens with zero attached hydrogens (tertiary/aromatic N) is 5. The van der Waals surface area contributed by atoms with E-state index in [-0.39, 0.29) is 10.3 Å². The molecule has 2 rings (SSSR count). The van der Waals surface area contributed by atoms with Gasteiger partial charge in [0.2, 0.25) is 5.16 Å². The fraction of sp³-hybridized carbons (Fsp3) is 0.250. The molecule has 0 aliphatic carbocycles. The number of nitrogen functional groups attached to an aromatic ring is 1. The minimum Gasteiger partial charge on any atom is -0.335 e. The second-order valence-corrected chi connectivity index (χ2v) is 4.73. The molecule has 0 aliphatic rings. The Kier molecular flexibility index (Phi) is 3.54. The molecule has 2 N–H and O–H groups in total. The van der Waals surface area contributed by atoms with Gasteiger partial charge in [-0.15, -0.1) is 10.2 Å². The number of nitrogens with two attached hydrogens (primary N) is 1. The van der Waals surface area contributed by atoms with Crippen molar-refractivity contribution in [2.45, 2.75) is 23.3 Å². The van der Waals surface area contributed by atoms with E-state index < -0.39 is 12.0 Å². The summed E-state index contributed by atoms with van der Waals surface area (Å²) in [5, 5.41) is 6.71. The smallest absolute Gasteiger partial charge is 0.335 e. The van der Waals surface area contributed by atoms with Gasteiger partial charge in [-0.3, -0.25) is 0 Å². The predicted molar refractivity (Wildman–Crippen MR) is 61.1 cm³/mol. The Morgan fingerprint density at radius 1 is 1.32 bits per heavy atom. The van der Waals surface area contributed by atoms with Gasteiger partial charge in [-0.1, -0.05) is 11.6 Å². The van der Waals surface area contributed by atoms with Crippen molar-refractivity contribution in [2.75, 3.05) is 5.84 Å². The van der Waals surface area contributed by atoms with Gasteiger partial charge >= 0.3 is 6.18 Å². The van der Waals surface area contributed by atoms with Crippen LogP contribution in [0.3, 0.4) is 0 Å². The van der Waals surface area contributed by atoms with Gasteiger partial charge in [0.25, 0.3) is 5.82 Å². The topological polar surface area (TPSA) is 82.5 Å². The van der Waals surface area contributed by atoms with Crippen molar-refractivity contribution in [2.24, 2.45) is 0 Å². The van der Waals surface area contributed by atoms with Gasteiger partial charge in [0.05, 0.1) is 0 Å². The Labute approximate surface area is 114 Å². The predicted octanol–water partition coefficient (Wildman–Crippen LogP) is 1.91. The summed E-state index contributed by atoms with van der Waals surface area (Å²) in [6, 6.07) is 1.39. The quantitative estimate of drug-likeness (QED) is 0.674. The molecule has 2 aromatic heterocycles. The SMILES string of the molecule is Cc1nc(Cl)cc(Sc2nnc(C(F)(F)F)n2N)n1. The van der Waals surface area contributed by atoms with Crippen LogP contribution in [0.5, 0.6) is 0 Å². The standard InChI is InChI=1S/C8H6ClF3N6S/c1-3-14-4(9)2-5(15-3)19-7-17-16-6(18(7)13)8(10,11)12/h2H,13H2,1H3. The lowest BCUT2D eigenvalue weighted by Crippen LogP contribution is -2.21. The first-order valence-corrected chi connectivity index (χ1v) is 5.93. The Balaban J connectivity index is 2.32. The minimum absolute atomic E-state index is 0.151. The molecule has 102 valence electrons. The maximum Gasteiger partial charge on any atom is 0.453 e. The molecule has 0 saturated carbocycles. The third-order valence-electron chi connectivity index (χ3n) is 1.90. The lowest BCUT2D eigenvalue weighted by Gasteiger charge is -2.06. The number of aryl methyl sites for hydroxylation is 1. The normalized spacial score (nSPS) is 11.8. The van der Waals surface area contributed by atoms with Gasteiger partial charge in [0.1, 0.15) is 16.0 Å².